The molecule has 0 heterocycles. The number of fused-ring (bicyclic) bond motifs is 2. The summed E-state index contributed by atoms with van der Waals surface area (Å²) in [6.07, 6.45) is 29.5. The normalized spacial score (nSPS) is 27.1. The average Bonchev–Trinajstić information content (AvgIpc) is 2.71. The van der Waals surface area contributed by atoms with Crippen LogP contribution in [0.1, 0.15) is 136 Å². The smallest absolute Gasteiger partial charge is 0.0431 e. The SMILES string of the molecule is CC1CCC2CC1(CCCCCCCC/C=C\CCCCCCCCO)C2(C)C.[Co]. The van der Waals surface area contributed by atoms with Crippen LogP contribution >= 0.6 is 0 Å². The Morgan fingerprint density at radius 1 is 0.733 bits per heavy atom. The third-order valence-corrected chi connectivity index (χ3v) is 9.00. The van der Waals surface area contributed by atoms with Gasteiger partial charge in [-0.1, -0.05) is 90.7 Å². The van der Waals surface area contributed by atoms with Crippen molar-refractivity contribution in [2.75, 3.05) is 6.61 Å². The van der Waals surface area contributed by atoms with Crippen molar-refractivity contribution in [3.63, 3.8) is 0 Å². The summed E-state index contributed by atoms with van der Waals surface area (Å²) in [5.41, 5.74) is 1.32. The van der Waals surface area contributed by atoms with Gasteiger partial charge in [0.05, 0.1) is 0 Å². The van der Waals surface area contributed by atoms with E-state index in [0.29, 0.717) is 17.4 Å². The predicted molar refractivity (Wildman–Crippen MR) is 128 cm³/mol. The van der Waals surface area contributed by atoms with Gasteiger partial charge in [-0.15, -0.1) is 0 Å². The van der Waals surface area contributed by atoms with Crippen LogP contribution in [-0.4, -0.2) is 11.7 Å². The molecule has 3 aliphatic carbocycles. The molecule has 2 heteroatoms. The molecule has 179 valence electrons. The average molecular weight is 464 g/mol. The summed E-state index contributed by atoms with van der Waals surface area (Å²) in [7, 11) is 0. The van der Waals surface area contributed by atoms with Gasteiger partial charge in [0.15, 0.2) is 0 Å². The van der Waals surface area contributed by atoms with E-state index in [9.17, 15) is 0 Å². The second-order valence-electron chi connectivity index (χ2n) is 11.0. The van der Waals surface area contributed by atoms with E-state index in [1.165, 1.54) is 109 Å². The molecule has 3 saturated carbocycles. The summed E-state index contributed by atoms with van der Waals surface area (Å²) < 4.78 is 0. The van der Waals surface area contributed by atoms with Crippen LogP contribution in [0.5, 0.6) is 0 Å². The number of hydrogen-bond donors (Lipinski definition) is 1. The van der Waals surface area contributed by atoms with Crippen LogP contribution < -0.4 is 0 Å². The number of allylic oxidation sites excluding steroid dienone is 2. The summed E-state index contributed by atoms with van der Waals surface area (Å²) in [6.45, 7) is 8.05. The van der Waals surface area contributed by atoms with Crippen LogP contribution in [0.25, 0.3) is 0 Å². The molecule has 0 spiro atoms. The van der Waals surface area contributed by atoms with Gasteiger partial charge < -0.3 is 5.11 Å². The summed E-state index contributed by atoms with van der Waals surface area (Å²) in [5.74, 6) is 1.99. The molecule has 1 nitrogen and oxygen atoms in total. The van der Waals surface area contributed by atoms with E-state index in [0.717, 1.165) is 18.3 Å². The topological polar surface area (TPSA) is 20.2 Å². The molecule has 3 unspecified atom stereocenters. The number of rotatable bonds is 17. The molecule has 3 rings (SSSR count). The summed E-state index contributed by atoms with van der Waals surface area (Å²) >= 11 is 0. The van der Waals surface area contributed by atoms with Crippen molar-refractivity contribution in [3.05, 3.63) is 12.2 Å². The first-order valence-electron chi connectivity index (χ1n) is 13.3. The van der Waals surface area contributed by atoms with E-state index in [2.05, 4.69) is 32.9 Å². The molecule has 3 fully saturated rings. The van der Waals surface area contributed by atoms with Crippen molar-refractivity contribution >= 4 is 0 Å². The molecule has 0 aromatic heterocycles. The molecule has 1 N–H and O–H groups in total. The molecule has 0 aromatic rings. The first kappa shape index (κ1) is 28.2. The van der Waals surface area contributed by atoms with Gasteiger partial charge in [-0.3, -0.25) is 0 Å². The molecular formula is C28H52CoO. The molecule has 1 radical (unpaired) electrons. The van der Waals surface area contributed by atoms with Crippen molar-refractivity contribution in [2.24, 2.45) is 22.7 Å². The summed E-state index contributed by atoms with van der Waals surface area (Å²) in [5, 5.41) is 8.76. The first-order chi connectivity index (χ1) is 14.0. The van der Waals surface area contributed by atoms with Crippen LogP contribution in [0.15, 0.2) is 12.2 Å². The Balaban J connectivity index is 0.00000450. The zero-order chi connectivity index (χ0) is 21.0. The van der Waals surface area contributed by atoms with Crippen molar-refractivity contribution in [1.82, 2.24) is 0 Å². The quantitative estimate of drug-likeness (QED) is 0.169. The maximum atomic E-state index is 8.76. The molecule has 3 atom stereocenters. The van der Waals surface area contributed by atoms with Crippen molar-refractivity contribution in [3.8, 4) is 0 Å². The summed E-state index contributed by atoms with van der Waals surface area (Å²) in [4.78, 5) is 0. The molecule has 0 saturated heterocycles. The molecule has 3 aliphatic rings. The predicted octanol–water partition coefficient (Wildman–Crippen LogP) is 8.85. The Hall–Kier alpha value is 0.206. The fraction of sp³-hybridized carbons (Fsp3) is 0.929. The zero-order valence-electron chi connectivity index (χ0n) is 20.5. The molecule has 0 aromatic carbocycles. The number of aliphatic hydroxyl groups excluding tert-OH is 1. The van der Waals surface area contributed by atoms with Gasteiger partial charge in [-0.2, -0.15) is 0 Å². The van der Waals surface area contributed by atoms with Crippen molar-refractivity contribution in [2.45, 2.75) is 136 Å². The third-order valence-electron chi connectivity index (χ3n) is 9.00. The van der Waals surface area contributed by atoms with Crippen molar-refractivity contribution in [1.29, 1.82) is 0 Å². The minimum Gasteiger partial charge on any atom is -0.396 e. The van der Waals surface area contributed by atoms with Crippen LogP contribution in [0.4, 0.5) is 0 Å². The Kier molecular flexibility index (Phi) is 14.2. The largest absolute Gasteiger partial charge is 0.396 e. The number of aliphatic hydroxyl groups is 1. The maximum absolute atomic E-state index is 8.76. The molecular weight excluding hydrogens is 411 g/mol. The second-order valence-corrected chi connectivity index (χ2v) is 11.0. The Labute approximate surface area is 199 Å². The van der Waals surface area contributed by atoms with E-state index < -0.39 is 0 Å². The van der Waals surface area contributed by atoms with E-state index in [1.54, 1.807) is 0 Å². The van der Waals surface area contributed by atoms with Crippen LogP contribution in [0.2, 0.25) is 0 Å². The Bertz CT molecular complexity index is 458. The van der Waals surface area contributed by atoms with E-state index >= 15 is 0 Å². The van der Waals surface area contributed by atoms with Gasteiger partial charge in [0, 0.05) is 23.4 Å². The van der Waals surface area contributed by atoms with Crippen LogP contribution in [-0.2, 0) is 16.8 Å². The van der Waals surface area contributed by atoms with Gasteiger partial charge in [0.1, 0.15) is 0 Å². The van der Waals surface area contributed by atoms with Gasteiger partial charge in [-0.25, -0.2) is 0 Å². The van der Waals surface area contributed by atoms with E-state index in [1.807, 2.05) is 0 Å². The van der Waals surface area contributed by atoms with Crippen molar-refractivity contribution < 1.29 is 21.9 Å². The Morgan fingerprint density at radius 3 is 1.73 bits per heavy atom. The number of hydrogen-bond acceptors (Lipinski definition) is 1. The summed E-state index contributed by atoms with van der Waals surface area (Å²) in [6, 6.07) is 0. The molecule has 0 aliphatic heterocycles. The number of unbranched alkanes of at least 4 members (excludes halogenated alkanes) is 12. The molecule has 0 amide bonds. The monoisotopic (exact) mass is 463 g/mol. The Morgan fingerprint density at radius 2 is 1.23 bits per heavy atom. The maximum Gasteiger partial charge on any atom is 0.0431 e. The molecule has 30 heavy (non-hydrogen) atoms. The fourth-order valence-corrected chi connectivity index (χ4v) is 6.66. The first-order valence-corrected chi connectivity index (χ1v) is 13.3. The third kappa shape index (κ3) is 7.96. The standard InChI is InChI=1S/C28H52O.Co/c1-25-20-21-26-24-28(25,27(26,2)3)22-18-16-14-12-10-8-6-4-5-7-9-11-13-15-17-19-23-29;/h4-5,25-26,29H,6-24H2,1-3H3;/b5-4-;. The fourth-order valence-electron chi connectivity index (χ4n) is 6.66. The van der Waals surface area contributed by atoms with E-state index in [4.69, 9.17) is 5.11 Å². The second kappa shape index (κ2) is 15.1. The zero-order valence-corrected chi connectivity index (χ0v) is 21.6. The van der Waals surface area contributed by atoms with Gasteiger partial charge in [0.2, 0.25) is 0 Å². The van der Waals surface area contributed by atoms with Gasteiger partial charge in [0.25, 0.3) is 0 Å². The minimum absolute atomic E-state index is 0. The van der Waals surface area contributed by atoms with Gasteiger partial charge in [-0.05, 0) is 80.5 Å². The van der Waals surface area contributed by atoms with Crippen LogP contribution in [0.3, 0.4) is 0 Å². The van der Waals surface area contributed by atoms with Crippen LogP contribution in [0, 0.1) is 22.7 Å². The minimum atomic E-state index is 0. The van der Waals surface area contributed by atoms with E-state index in [-0.39, 0.29) is 16.8 Å². The molecule has 2 bridgehead atoms. The van der Waals surface area contributed by atoms with Gasteiger partial charge >= 0.3 is 0 Å².